The van der Waals surface area contributed by atoms with Gasteiger partial charge in [0, 0.05) is 12.6 Å². The maximum atomic E-state index is 5.57. The Morgan fingerprint density at radius 3 is 1.95 bits per heavy atom. The molecule has 0 radical (unpaired) electrons. The van der Waals surface area contributed by atoms with Gasteiger partial charge < -0.3 is 4.84 Å². The second-order valence-electron chi connectivity index (χ2n) is 5.79. The van der Waals surface area contributed by atoms with Gasteiger partial charge in [-0.05, 0) is 43.7 Å². The molecule has 2 aromatic rings. The minimum Gasteiger partial charge on any atom is -0.302 e. The highest BCUT2D eigenvalue weighted by Gasteiger charge is 2.13. The number of nitrogens with zero attached hydrogens (tertiary/aromatic N) is 1. The highest BCUT2D eigenvalue weighted by molar-refractivity contribution is 5.15. The standard InChI is InChI=1S/C20H27NO/c1-18(15-16-20-12-7-4-8-13-20)21(22-2)17-9-14-19-10-5-3-6-11-19/h3-8,10-13,18H,9,14-17H2,1-2H3. The lowest BCUT2D eigenvalue weighted by molar-refractivity contribution is -0.159. The number of rotatable bonds is 9. The third-order valence-corrected chi connectivity index (χ3v) is 4.11. The molecule has 0 spiro atoms. The fraction of sp³-hybridized carbons (Fsp3) is 0.400. The van der Waals surface area contributed by atoms with Gasteiger partial charge in [0.1, 0.15) is 0 Å². The number of hydrogen-bond acceptors (Lipinski definition) is 2. The first kappa shape index (κ1) is 16.7. The van der Waals surface area contributed by atoms with E-state index in [4.69, 9.17) is 4.84 Å². The molecule has 2 aromatic carbocycles. The Bertz CT molecular complexity index is 512. The fourth-order valence-corrected chi connectivity index (χ4v) is 2.74. The van der Waals surface area contributed by atoms with E-state index in [0.717, 1.165) is 32.2 Å². The lowest BCUT2D eigenvalue weighted by Gasteiger charge is -2.26. The van der Waals surface area contributed by atoms with Crippen LogP contribution in [0.4, 0.5) is 0 Å². The van der Waals surface area contributed by atoms with Gasteiger partial charge in [-0.1, -0.05) is 60.7 Å². The summed E-state index contributed by atoms with van der Waals surface area (Å²) in [5, 5.41) is 2.12. The van der Waals surface area contributed by atoms with Crippen LogP contribution in [0.2, 0.25) is 0 Å². The van der Waals surface area contributed by atoms with Crippen molar-refractivity contribution in [1.29, 1.82) is 0 Å². The smallest absolute Gasteiger partial charge is 0.0575 e. The lowest BCUT2D eigenvalue weighted by atomic mass is 10.1. The quantitative estimate of drug-likeness (QED) is 0.632. The summed E-state index contributed by atoms with van der Waals surface area (Å²) < 4.78 is 0. The highest BCUT2D eigenvalue weighted by atomic mass is 16.7. The van der Waals surface area contributed by atoms with E-state index in [2.05, 4.69) is 72.7 Å². The fourth-order valence-electron chi connectivity index (χ4n) is 2.74. The van der Waals surface area contributed by atoms with E-state index < -0.39 is 0 Å². The molecule has 2 nitrogen and oxygen atoms in total. The minimum atomic E-state index is 0.431. The summed E-state index contributed by atoms with van der Waals surface area (Å²) in [5.41, 5.74) is 2.80. The Labute approximate surface area is 134 Å². The van der Waals surface area contributed by atoms with Gasteiger partial charge in [0.2, 0.25) is 0 Å². The Morgan fingerprint density at radius 1 is 0.864 bits per heavy atom. The topological polar surface area (TPSA) is 12.5 Å². The van der Waals surface area contributed by atoms with Crippen molar-refractivity contribution in [2.24, 2.45) is 0 Å². The highest BCUT2D eigenvalue weighted by Crippen LogP contribution is 2.11. The average Bonchev–Trinajstić information content (AvgIpc) is 2.58. The zero-order chi connectivity index (χ0) is 15.6. The van der Waals surface area contributed by atoms with Crippen molar-refractivity contribution >= 4 is 0 Å². The van der Waals surface area contributed by atoms with Crippen LogP contribution in [-0.2, 0) is 17.7 Å². The molecule has 2 rings (SSSR count). The Balaban J connectivity index is 1.73. The van der Waals surface area contributed by atoms with Crippen molar-refractivity contribution in [3.05, 3.63) is 71.8 Å². The largest absolute Gasteiger partial charge is 0.302 e. The van der Waals surface area contributed by atoms with Crippen molar-refractivity contribution in [3.63, 3.8) is 0 Å². The summed E-state index contributed by atoms with van der Waals surface area (Å²) in [4.78, 5) is 5.57. The molecule has 1 atom stereocenters. The summed E-state index contributed by atoms with van der Waals surface area (Å²) in [7, 11) is 1.78. The van der Waals surface area contributed by atoms with Crippen molar-refractivity contribution in [3.8, 4) is 0 Å². The molecule has 1 unspecified atom stereocenters. The van der Waals surface area contributed by atoms with E-state index in [1.807, 2.05) is 0 Å². The van der Waals surface area contributed by atoms with Gasteiger partial charge in [-0.2, -0.15) is 5.06 Å². The molecule has 0 bridgehead atoms. The van der Waals surface area contributed by atoms with E-state index >= 15 is 0 Å². The molecule has 0 fully saturated rings. The van der Waals surface area contributed by atoms with Crippen molar-refractivity contribution in [2.45, 2.75) is 38.6 Å². The molecule has 0 saturated heterocycles. The maximum absolute atomic E-state index is 5.57. The van der Waals surface area contributed by atoms with Gasteiger partial charge in [0.25, 0.3) is 0 Å². The van der Waals surface area contributed by atoms with Gasteiger partial charge in [-0.15, -0.1) is 0 Å². The van der Waals surface area contributed by atoms with E-state index in [-0.39, 0.29) is 0 Å². The molecule has 0 aliphatic rings. The van der Waals surface area contributed by atoms with Crippen LogP contribution in [0.25, 0.3) is 0 Å². The molecule has 2 heteroatoms. The van der Waals surface area contributed by atoms with Crippen LogP contribution in [0.3, 0.4) is 0 Å². The molecule has 0 saturated carbocycles. The molecular weight excluding hydrogens is 270 g/mol. The minimum absolute atomic E-state index is 0.431. The van der Waals surface area contributed by atoms with Crippen LogP contribution in [0, 0.1) is 0 Å². The van der Waals surface area contributed by atoms with E-state index in [9.17, 15) is 0 Å². The molecule has 0 aliphatic heterocycles. The van der Waals surface area contributed by atoms with E-state index in [1.54, 1.807) is 7.11 Å². The summed E-state index contributed by atoms with van der Waals surface area (Å²) >= 11 is 0. The lowest BCUT2D eigenvalue weighted by Crippen LogP contribution is -2.33. The number of hydroxylamine groups is 2. The molecule has 0 amide bonds. The van der Waals surface area contributed by atoms with Crippen LogP contribution in [0.1, 0.15) is 30.9 Å². The van der Waals surface area contributed by atoms with Crippen LogP contribution in [-0.4, -0.2) is 24.8 Å². The zero-order valence-corrected chi connectivity index (χ0v) is 13.7. The SMILES string of the molecule is CON(CCCc1ccccc1)C(C)CCc1ccccc1. The summed E-state index contributed by atoms with van der Waals surface area (Å²) in [6.45, 7) is 3.22. The normalized spacial score (nSPS) is 12.5. The monoisotopic (exact) mass is 297 g/mol. The van der Waals surface area contributed by atoms with Crippen LogP contribution >= 0.6 is 0 Å². The van der Waals surface area contributed by atoms with Gasteiger partial charge in [-0.25, -0.2) is 0 Å². The third-order valence-electron chi connectivity index (χ3n) is 4.11. The number of benzene rings is 2. The van der Waals surface area contributed by atoms with E-state index in [1.165, 1.54) is 11.1 Å². The zero-order valence-electron chi connectivity index (χ0n) is 13.7. The average molecular weight is 297 g/mol. The second kappa shape index (κ2) is 9.39. The Kier molecular flexibility index (Phi) is 7.14. The first-order valence-corrected chi connectivity index (χ1v) is 8.18. The van der Waals surface area contributed by atoms with Crippen molar-refractivity contribution < 1.29 is 4.84 Å². The summed E-state index contributed by atoms with van der Waals surface area (Å²) in [5.74, 6) is 0. The predicted molar refractivity (Wildman–Crippen MR) is 92.7 cm³/mol. The molecule has 0 N–H and O–H groups in total. The van der Waals surface area contributed by atoms with Crippen LogP contribution < -0.4 is 0 Å². The predicted octanol–water partition coefficient (Wildman–Crippen LogP) is 4.50. The Morgan fingerprint density at radius 2 is 1.41 bits per heavy atom. The number of hydrogen-bond donors (Lipinski definition) is 0. The van der Waals surface area contributed by atoms with Crippen molar-refractivity contribution in [2.75, 3.05) is 13.7 Å². The summed E-state index contributed by atoms with van der Waals surface area (Å²) in [6.07, 6.45) is 4.43. The molecular formula is C20H27NO. The molecule has 118 valence electrons. The third kappa shape index (κ3) is 5.63. The first-order chi connectivity index (χ1) is 10.8. The number of aryl methyl sites for hydroxylation is 2. The Hall–Kier alpha value is -1.64. The maximum Gasteiger partial charge on any atom is 0.0575 e. The van der Waals surface area contributed by atoms with E-state index in [0.29, 0.717) is 6.04 Å². The van der Waals surface area contributed by atoms with Crippen LogP contribution in [0.5, 0.6) is 0 Å². The molecule has 0 aliphatic carbocycles. The molecule has 0 heterocycles. The molecule has 0 aromatic heterocycles. The second-order valence-corrected chi connectivity index (χ2v) is 5.79. The van der Waals surface area contributed by atoms with Gasteiger partial charge >= 0.3 is 0 Å². The van der Waals surface area contributed by atoms with Crippen LogP contribution in [0.15, 0.2) is 60.7 Å². The van der Waals surface area contributed by atoms with Gasteiger partial charge in [0.15, 0.2) is 0 Å². The van der Waals surface area contributed by atoms with Crippen molar-refractivity contribution in [1.82, 2.24) is 5.06 Å². The van der Waals surface area contributed by atoms with Gasteiger partial charge in [-0.3, -0.25) is 0 Å². The summed E-state index contributed by atoms with van der Waals surface area (Å²) in [6, 6.07) is 21.7. The van der Waals surface area contributed by atoms with Gasteiger partial charge in [0.05, 0.1) is 7.11 Å². The first-order valence-electron chi connectivity index (χ1n) is 8.18. The molecule has 22 heavy (non-hydrogen) atoms.